The van der Waals surface area contributed by atoms with Crippen molar-refractivity contribution in [2.75, 3.05) is 0 Å². The number of hydrogen-bond acceptors (Lipinski definition) is 0. The van der Waals surface area contributed by atoms with E-state index in [4.69, 9.17) is 0 Å². The van der Waals surface area contributed by atoms with Crippen molar-refractivity contribution in [1.82, 2.24) is 0 Å². The zero-order valence-corrected chi connectivity index (χ0v) is 6.22. The van der Waals surface area contributed by atoms with E-state index in [9.17, 15) is 0 Å². The molecule has 2 radical (unpaired) electrons. The normalized spacial score (nSPS) is 14.7. The van der Waals surface area contributed by atoms with Gasteiger partial charge in [-0.1, -0.05) is 30.8 Å². The summed E-state index contributed by atoms with van der Waals surface area (Å²) in [7, 11) is 0. The monoisotopic (exact) mass is 140 g/mol. The Morgan fingerprint density at radius 3 is 2.91 bits per heavy atom. The van der Waals surface area contributed by atoms with Gasteiger partial charge in [0, 0.05) is 0 Å². The van der Waals surface area contributed by atoms with E-state index in [-0.39, 0.29) is 0 Å². The van der Waals surface area contributed by atoms with Crippen LogP contribution in [0.25, 0.3) is 0 Å². The molecule has 0 spiro atoms. The smallest absolute Gasteiger partial charge is 0.00145 e. The minimum atomic E-state index is 0.920. The van der Waals surface area contributed by atoms with Gasteiger partial charge >= 0.3 is 0 Å². The van der Waals surface area contributed by atoms with Gasteiger partial charge in [0.25, 0.3) is 0 Å². The first-order valence-electron chi connectivity index (χ1n) is 3.64. The van der Waals surface area contributed by atoms with Gasteiger partial charge in [0.15, 0.2) is 0 Å². The first-order valence-corrected chi connectivity index (χ1v) is 3.64. The van der Waals surface area contributed by atoms with Crippen molar-refractivity contribution < 1.29 is 0 Å². The molecular weight excluding hydrogens is 132 g/mol. The number of benzene rings is 1. The van der Waals surface area contributed by atoms with E-state index in [1.165, 1.54) is 5.56 Å². The molecule has 2 rings (SSSR count). The zero-order valence-electron chi connectivity index (χ0n) is 6.22. The lowest BCUT2D eigenvalue weighted by atomic mass is 9.95. The summed E-state index contributed by atoms with van der Waals surface area (Å²) in [5, 5.41) is 0. The summed E-state index contributed by atoms with van der Waals surface area (Å²) in [6.45, 7) is 3.84. The van der Waals surface area contributed by atoms with Gasteiger partial charge < -0.3 is 0 Å². The van der Waals surface area contributed by atoms with Crippen LogP contribution in [0, 0.1) is 12.2 Å². The van der Waals surface area contributed by atoms with E-state index >= 15 is 0 Å². The Balaban J connectivity index is 2.54. The number of rotatable bonds is 0. The summed E-state index contributed by atoms with van der Waals surface area (Å²) >= 11 is 0. The highest BCUT2D eigenvalue weighted by atomic mass is 14.1. The molecule has 0 aliphatic heterocycles. The van der Waals surface area contributed by atoms with Crippen LogP contribution < -0.4 is 0 Å². The highest BCUT2D eigenvalue weighted by molar-refractivity contribution is 5.39. The predicted molar refractivity (Wildman–Crippen MR) is 44.9 cm³/mol. The first-order chi connectivity index (χ1) is 5.36. The average Bonchev–Trinajstić information content (AvgIpc) is 2.04. The van der Waals surface area contributed by atoms with Crippen LogP contribution in [0.3, 0.4) is 0 Å². The summed E-state index contributed by atoms with van der Waals surface area (Å²) < 4.78 is 0. The molecule has 0 N–H and O–H groups in total. The van der Waals surface area contributed by atoms with Crippen molar-refractivity contribution in [3.63, 3.8) is 0 Å². The zero-order chi connectivity index (χ0) is 7.68. The highest BCUT2D eigenvalue weighted by Gasteiger charge is 2.04. The molecule has 52 valence electrons. The number of hydrogen-bond donors (Lipinski definition) is 0. The fourth-order valence-electron chi connectivity index (χ4n) is 1.23. The maximum absolute atomic E-state index is 3.84. The summed E-state index contributed by atoms with van der Waals surface area (Å²) in [4.78, 5) is 0. The Morgan fingerprint density at radius 1 is 1.18 bits per heavy atom. The summed E-state index contributed by atoms with van der Waals surface area (Å²) in [5.74, 6) is 0. The number of allylic oxidation sites excluding steroid dienone is 2. The third-order valence-corrected chi connectivity index (χ3v) is 1.80. The molecule has 0 bridgehead atoms. The largest absolute Gasteiger partial charge is 0.0949 e. The van der Waals surface area contributed by atoms with Gasteiger partial charge in [0.1, 0.15) is 0 Å². The van der Waals surface area contributed by atoms with E-state index in [1.807, 2.05) is 12.1 Å². The van der Waals surface area contributed by atoms with Crippen LogP contribution in [0.1, 0.15) is 11.1 Å². The van der Waals surface area contributed by atoms with Crippen molar-refractivity contribution in [3.8, 4) is 0 Å². The molecule has 1 aliphatic carbocycles. The Labute approximate surface area is 66.9 Å². The van der Waals surface area contributed by atoms with Crippen LogP contribution >= 0.6 is 0 Å². The molecular formula is C11H8. The molecule has 0 nitrogen and oxygen atoms in total. The van der Waals surface area contributed by atoms with Gasteiger partial charge in [0.2, 0.25) is 0 Å². The van der Waals surface area contributed by atoms with Crippen molar-refractivity contribution in [2.45, 2.75) is 6.42 Å². The van der Waals surface area contributed by atoms with Crippen molar-refractivity contribution >= 4 is 0 Å². The van der Waals surface area contributed by atoms with E-state index < -0.39 is 0 Å². The van der Waals surface area contributed by atoms with Gasteiger partial charge in [-0.25, -0.2) is 0 Å². The van der Waals surface area contributed by atoms with Gasteiger partial charge in [-0.2, -0.15) is 0 Å². The topological polar surface area (TPSA) is 0 Å². The second-order valence-corrected chi connectivity index (χ2v) is 2.69. The quantitative estimate of drug-likeness (QED) is 0.518. The molecule has 11 heavy (non-hydrogen) atoms. The fourth-order valence-corrected chi connectivity index (χ4v) is 1.23. The van der Waals surface area contributed by atoms with E-state index in [2.05, 4.69) is 30.9 Å². The van der Waals surface area contributed by atoms with Crippen molar-refractivity contribution in [3.05, 3.63) is 59.7 Å². The van der Waals surface area contributed by atoms with E-state index in [0.717, 1.165) is 17.6 Å². The van der Waals surface area contributed by atoms with Crippen LogP contribution in [0.15, 0.2) is 36.4 Å². The molecule has 0 saturated heterocycles. The number of fused-ring (bicyclic) bond motifs is 1. The van der Waals surface area contributed by atoms with E-state index in [1.54, 1.807) is 0 Å². The standard InChI is InChI=1S/C11H8/c1-9-6-7-10-4-2-3-5-11(10)8-9/h2-5H,1,8H2. The molecule has 1 aromatic rings. The Bertz CT molecular complexity index is 319. The molecule has 1 aromatic carbocycles. The molecule has 1 aliphatic rings. The summed E-state index contributed by atoms with van der Waals surface area (Å²) in [5.41, 5.74) is 3.47. The van der Waals surface area contributed by atoms with E-state index in [0.29, 0.717) is 0 Å². The summed E-state index contributed by atoms with van der Waals surface area (Å²) in [6.07, 6.45) is 6.98. The molecule has 0 fully saturated rings. The van der Waals surface area contributed by atoms with Gasteiger partial charge in [-0.3, -0.25) is 0 Å². The van der Waals surface area contributed by atoms with Gasteiger partial charge in [-0.15, -0.1) is 0 Å². The van der Waals surface area contributed by atoms with Crippen molar-refractivity contribution in [2.24, 2.45) is 0 Å². The molecule has 0 heterocycles. The Morgan fingerprint density at radius 2 is 2.00 bits per heavy atom. The first kappa shape index (κ1) is 6.41. The third-order valence-electron chi connectivity index (χ3n) is 1.80. The molecule has 0 unspecified atom stereocenters. The second kappa shape index (κ2) is 2.39. The molecule has 0 saturated carbocycles. The summed E-state index contributed by atoms with van der Waals surface area (Å²) in [6, 6.07) is 8.21. The van der Waals surface area contributed by atoms with Crippen LogP contribution in [0.4, 0.5) is 0 Å². The highest BCUT2D eigenvalue weighted by Crippen LogP contribution is 2.18. The SMILES string of the molecule is C=C1[C]=[C]c2ccccc2C1. The molecule has 0 atom stereocenters. The molecule has 0 heteroatoms. The Hall–Kier alpha value is -1.30. The predicted octanol–water partition coefficient (Wildman–Crippen LogP) is 2.31. The van der Waals surface area contributed by atoms with Crippen molar-refractivity contribution in [1.29, 1.82) is 0 Å². The van der Waals surface area contributed by atoms with Crippen LogP contribution in [-0.4, -0.2) is 0 Å². The van der Waals surface area contributed by atoms with Crippen LogP contribution in [0.2, 0.25) is 0 Å². The lowest BCUT2D eigenvalue weighted by Crippen LogP contribution is -1.96. The fraction of sp³-hybridized carbons (Fsp3) is 0.0909. The van der Waals surface area contributed by atoms with Crippen LogP contribution in [-0.2, 0) is 6.42 Å². The third kappa shape index (κ3) is 1.12. The second-order valence-electron chi connectivity index (χ2n) is 2.69. The van der Waals surface area contributed by atoms with Gasteiger partial charge in [-0.05, 0) is 35.3 Å². The molecule has 0 aromatic heterocycles. The minimum absolute atomic E-state index is 0.920. The average molecular weight is 140 g/mol. The lowest BCUT2D eigenvalue weighted by Gasteiger charge is -2.09. The minimum Gasteiger partial charge on any atom is -0.0949 e. The maximum atomic E-state index is 3.84. The Kier molecular flexibility index (Phi) is 1.39. The maximum Gasteiger partial charge on any atom is -0.00145 e. The molecule has 0 amide bonds. The van der Waals surface area contributed by atoms with Gasteiger partial charge in [0.05, 0.1) is 0 Å². The van der Waals surface area contributed by atoms with Crippen LogP contribution in [0.5, 0.6) is 0 Å². The lowest BCUT2D eigenvalue weighted by molar-refractivity contribution is 1.13.